The minimum atomic E-state index is 0.164. The number of thiazole rings is 1. The van der Waals surface area contributed by atoms with Crippen LogP contribution in [0.15, 0.2) is 24.0 Å². The molecule has 2 aromatic rings. The van der Waals surface area contributed by atoms with Crippen LogP contribution in [0.3, 0.4) is 0 Å². The van der Waals surface area contributed by atoms with E-state index in [1.807, 2.05) is 6.20 Å². The summed E-state index contributed by atoms with van der Waals surface area (Å²) in [4.78, 5) is 18.3. The summed E-state index contributed by atoms with van der Waals surface area (Å²) in [5, 5.41) is 3.33. The monoisotopic (exact) mass is 359 g/mol. The van der Waals surface area contributed by atoms with Gasteiger partial charge in [-0.1, -0.05) is 0 Å². The summed E-state index contributed by atoms with van der Waals surface area (Å²) < 4.78 is 6.01. The van der Waals surface area contributed by atoms with E-state index < -0.39 is 0 Å². The summed E-state index contributed by atoms with van der Waals surface area (Å²) in [7, 11) is 0. The van der Waals surface area contributed by atoms with Crippen LogP contribution in [0.5, 0.6) is 0 Å². The van der Waals surface area contributed by atoms with Gasteiger partial charge in [-0.15, -0.1) is 11.3 Å². The summed E-state index contributed by atoms with van der Waals surface area (Å²) in [5.41, 5.74) is 1.36. The van der Waals surface area contributed by atoms with Crippen LogP contribution in [0.4, 0.5) is 5.82 Å². The summed E-state index contributed by atoms with van der Waals surface area (Å²) in [6, 6.07) is 0. The van der Waals surface area contributed by atoms with E-state index in [9.17, 15) is 0 Å². The van der Waals surface area contributed by atoms with Gasteiger partial charge in [0, 0.05) is 49.4 Å². The summed E-state index contributed by atoms with van der Waals surface area (Å²) in [6.07, 6.45) is 7.77. The molecule has 0 aliphatic carbocycles. The number of hydrogen-bond donors (Lipinski definition) is 0. The lowest BCUT2D eigenvalue weighted by Crippen LogP contribution is -2.50. The Kier molecular flexibility index (Phi) is 4.96. The van der Waals surface area contributed by atoms with Crippen molar-refractivity contribution >= 4 is 17.2 Å². The first kappa shape index (κ1) is 16.9. The lowest BCUT2D eigenvalue weighted by Gasteiger charge is -2.43. The number of anilines is 1. The van der Waals surface area contributed by atoms with E-state index in [4.69, 9.17) is 4.74 Å². The van der Waals surface area contributed by atoms with Gasteiger partial charge in [0.1, 0.15) is 5.82 Å². The predicted molar refractivity (Wildman–Crippen MR) is 98.9 cm³/mol. The molecule has 4 rings (SSSR count). The van der Waals surface area contributed by atoms with Crippen molar-refractivity contribution in [1.29, 1.82) is 0 Å². The standard InChI is InChI=1S/C18H25N5OS/c1-15-21-16(11-25-15)10-22-6-2-3-18(12-22)13-23(7-8-24-14-18)17-9-19-4-5-20-17/h4-5,9,11H,2-3,6-8,10,12-14H2,1H3/t18-/m0/s1. The third-order valence-corrected chi connectivity index (χ3v) is 5.93. The molecule has 0 unspecified atom stereocenters. The number of nitrogens with zero attached hydrogens (tertiary/aromatic N) is 5. The molecule has 0 saturated carbocycles. The van der Waals surface area contributed by atoms with Gasteiger partial charge in [-0.2, -0.15) is 0 Å². The van der Waals surface area contributed by atoms with Crippen LogP contribution in [-0.2, 0) is 11.3 Å². The van der Waals surface area contributed by atoms with Crippen LogP contribution in [-0.4, -0.2) is 59.2 Å². The van der Waals surface area contributed by atoms with E-state index in [0.717, 1.165) is 56.8 Å². The fourth-order valence-electron chi connectivity index (χ4n) is 4.04. The smallest absolute Gasteiger partial charge is 0.147 e. The second kappa shape index (κ2) is 7.35. The molecular formula is C18H25N5OS. The van der Waals surface area contributed by atoms with Crippen LogP contribution in [0.2, 0.25) is 0 Å². The Labute approximate surface area is 152 Å². The Bertz CT molecular complexity index is 694. The zero-order valence-corrected chi connectivity index (χ0v) is 15.5. The molecule has 1 atom stereocenters. The van der Waals surface area contributed by atoms with Gasteiger partial charge in [0.2, 0.25) is 0 Å². The molecule has 2 fully saturated rings. The van der Waals surface area contributed by atoms with E-state index in [1.165, 1.54) is 18.5 Å². The van der Waals surface area contributed by atoms with Gasteiger partial charge < -0.3 is 9.64 Å². The maximum absolute atomic E-state index is 6.01. The summed E-state index contributed by atoms with van der Waals surface area (Å²) in [6.45, 7) is 8.66. The molecule has 0 N–H and O–H groups in total. The molecule has 0 radical (unpaired) electrons. The second-order valence-corrected chi connectivity index (χ2v) is 8.27. The van der Waals surface area contributed by atoms with Crippen molar-refractivity contribution in [1.82, 2.24) is 19.9 Å². The Morgan fingerprint density at radius 3 is 3.04 bits per heavy atom. The van der Waals surface area contributed by atoms with Crippen LogP contribution in [0.1, 0.15) is 23.5 Å². The van der Waals surface area contributed by atoms with Gasteiger partial charge in [-0.25, -0.2) is 9.97 Å². The summed E-state index contributed by atoms with van der Waals surface area (Å²) >= 11 is 1.74. The van der Waals surface area contributed by atoms with E-state index in [-0.39, 0.29) is 5.41 Å². The molecule has 2 aromatic heterocycles. The van der Waals surface area contributed by atoms with E-state index >= 15 is 0 Å². The van der Waals surface area contributed by atoms with Crippen LogP contribution in [0, 0.1) is 12.3 Å². The molecule has 0 bridgehead atoms. The molecule has 6 nitrogen and oxygen atoms in total. The van der Waals surface area contributed by atoms with Gasteiger partial charge in [-0.05, 0) is 26.3 Å². The maximum atomic E-state index is 6.01. The molecule has 2 aliphatic heterocycles. The lowest BCUT2D eigenvalue weighted by atomic mass is 9.80. The average Bonchev–Trinajstić information content (AvgIpc) is 2.92. The minimum Gasteiger partial charge on any atom is -0.379 e. The summed E-state index contributed by atoms with van der Waals surface area (Å²) in [5.74, 6) is 0.958. The number of piperidine rings is 1. The first-order chi connectivity index (χ1) is 12.2. The van der Waals surface area contributed by atoms with E-state index in [0.29, 0.717) is 0 Å². The second-order valence-electron chi connectivity index (χ2n) is 7.21. The van der Waals surface area contributed by atoms with Crippen molar-refractivity contribution in [3.05, 3.63) is 34.7 Å². The SMILES string of the molecule is Cc1nc(CN2CCC[C@]3(COCCN(c4cnccn4)C3)C2)cs1. The maximum Gasteiger partial charge on any atom is 0.147 e. The van der Waals surface area contributed by atoms with Gasteiger partial charge in [0.25, 0.3) is 0 Å². The Hall–Kier alpha value is -1.57. The molecule has 1 spiro atoms. The van der Waals surface area contributed by atoms with Crippen molar-refractivity contribution < 1.29 is 4.74 Å². The number of aromatic nitrogens is 3. The topological polar surface area (TPSA) is 54.4 Å². The molecule has 25 heavy (non-hydrogen) atoms. The number of ether oxygens (including phenoxy) is 1. The van der Waals surface area contributed by atoms with Crippen LogP contribution < -0.4 is 4.90 Å². The zero-order valence-electron chi connectivity index (χ0n) is 14.7. The first-order valence-corrected chi connectivity index (χ1v) is 9.83. The van der Waals surface area contributed by atoms with Crippen molar-refractivity contribution in [3.63, 3.8) is 0 Å². The van der Waals surface area contributed by atoms with Crippen molar-refractivity contribution in [2.24, 2.45) is 5.41 Å². The van der Waals surface area contributed by atoms with Crippen molar-refractivity contribution in [2.45, 2.75) is 26.3 Å². The third-order valence-electron chi connectivity index (χ3n) is 5.11. The van der Waals surface area contributed by atoms with Crippen LogP contribution in [0.25, 0.3) is 0 Å². The quantitative estimate of drug-likeness (QED) is 0.839. The first-order valence-electron chi connectivity index (χ1n) is 8.95. The lowest BCUT2D eigenvalue weighted by molar-refractivity contribution is 0.0103. The third kappa shape index (κ3) is 3.99. The number of rotatable bonds is 3. The van der Waals surface area contributed by atoms with E-state index in [2.05, 4.69) is 37.1 Å². The highest BCUT2D eigenvalue weighted by Gasteiger charge is 2.39. The molecule has 7 heteroatoms. The molecule has 2 aliphatic rings. The number of likely N-dealkylation sites (tertiary alicyclic amines) is 1. The van der Waals surface area contributed by atoms with Crippen molar-refractivity contribution in [2.75, 3.05) is 44.3 Å². The average molecular weight is 359 g/mol. The largest absolute Gasteiger partial charge is 0.379 e. The normalized spacial score (nSPS) is 25.2. The molecule has 134 valence electrons. The van der Waals surface area contributed by atoms with Gasteiger partial charge in [0.05, 0.1) is 30.1 Å². The number of aryl methyl sites for hydroxylation is 1. The molecule has 0 aromatic carbocycles. The van der Waals surface area contributed by atoms with Crippen molar-refractivity contribution in [3.8, 4) is 0 Å². The van der Waals surface area contributed by atoms with Gasteiger partial charge >= 0.3 is 0 Å². The highest BCUT2D eigenvalue weighted by atomic mass is 32.1. The molecule has 2 saturated heterocycles. The van der Waals surface area contributed by atoms with Gasteiger partial charge in [-0.3, -0.25) is 9.88 Å². The predicted octanol–water partition coefficient (Wildman–Crippen LogP) is 2.36. The molecular weight excluding hydrogens is 334 g/mol. The fourth-order valence-corrected chi connectivity index (χ4v) is 4.65. The Morgan fingerprint density at radius 2 is 2.24 bits per heavy atom. The van der Waals surface area contributed by atoms with Gasteiger partial charge in [0.15, 0.2) is 0 Å². The van der Waals surface area contributed by atoms with E-state index in [1.54, 1.807) is 23.7 Å². The fraction of sp³-hybridized carbons (Fsp3) is 0.611. The molecule has 0 amide bonds. The molecule has 4 heterocycles. The van der Waals surface area contributed by atoms with Crippen LogP contribution >= 0.6 is 11.3 Å². The Morgan fingerprint density at radius 1 is 1.28 bits per heavy atom. The highest BCUT2D eigenvalue weighted by Crippen LogP contribution is 2.34. The minimum absolute atomic E-state index is 0.164. The zero-order chi connectivity index (χ0) is 17.1. The number of hydrogen-bond acceptors (Lipinski definition) is 7. The Balaban J connectivity index is 1.48. The highest BCUT2D eigenvalue weighted by molar-refractivity contribution is 7.09.